The van der Waals surface area contributed by atoms with E-state index in [0.29, 0.717) is 11.5 Å². The predicted molar refractivity (Wildman–Crippen MR) is 125 cm³/mol. The first-order valence-electron chi connectivity index (χ1n) is 12.8. The van der Waals surface area contributed by atoms with Crippen LogP contribution in [0.2, 0.25) is 0 Å². The van der Waals surface area contributed by atoms with Crippen LogP contribution in [-0.4, -0.2) is 12.5 Å². The summed E-state index contributed by atoms with van der Waals surface area (Å²) in [7, 11) is 0. The lowest BCUT2D eigenvalue weighted by atomic mass is 9.69. The molecule has 0 radical (unpaired) electrons. The summed E-state index contributed by atoms with van der Waals surface area (Å²) in [6, 6.07) is 5.60. The molecule has 0 heterocycles. The minimum absolute atomic E-state index is 0.290. The first kappa shape index (κ1) is 25.9. The largest absolute Gasteiger partial charge is 0.461 e. The van der Waals surface area contributed by atoms with Crippen LogP contribution in [0.3, 0.4) is 0 Å². The second-order valence-corrected chi connectivity index (χ2v) is 10.0. The summed E-state index contributed by atoms with van der Waals surface area (Å²) < 4.78 is 54.5. The average molecular weight is 467 g/mol. The van der Waals surface area contributed by atoms with E-state index in [9.17, 15) is 17.6 Å². The molecule has 1 nitrogen and oxygen atoms in total. The number of halogens is 4. The Labute approximate surface area is 196 Å². The van der Waals surface area contributed by atoms with Gasteiger partial charge in [-0.2, -0.15) is 17.6 Å². The SMILES string of the molecule is CCCCCCC1CCC(C2CCC(C#Cc3ccc(OC(F)(F)C(F)F)cc3)CC2)CC1. The van der Waals surface area contributed by atoms with E-state index in [-0.39, 0.29) is 5.75 Å². The van der Waals surface area contributed by atoms with Crippen LogP contribution in [0.15, 0.2) is 24.3 Å². The van der Waals surface area contributed by atoms with Crippen LogP contribution in [-0.2, 0) is 0 Å². The Bertz CT molecular complexity index is 748. The van der Waals surface area contributed by atoms with E-state index >= 15 is 0 Å². The molecule has 2 fully saturated rings. The third kappa shape index (κ3) is 8.23. The van der Waals surface area contributed by atoms with Gasteiger partial charge in [-0.15, -0.1) is 0 Å². The van der Waals surface area contributed by atoms with E-state index in [0.717, 1.165) is 30.6 Å². The molecule has 0 unspecified atom stereocenters. The molecule has 0 bridgehead atoms. The Morgan fingerprint density at radius 2 is 1.48 bits per heavy atom. The zero-order valence-corrected chi connectivity index (χ0v) is 19.8. The second kappa shape index (κ2) is 12.7. The molecule has 0 amide bonds. The summed E-state index contributed by atoms with van der Waals surface area (Å²) in [4.78, 5) is 0. The molecule has 2 aliphatic rings. The van der Waals surface area contributed by atoms with Crippen molar-refractivity contribution in [1.29, 1.82) is 0 Å². The topological polar surface area (TPSA) is 9.23 Å². The van der Waals surface area contributed by atoms with Gasteiger partial charge in [0.25, 0.3) is 0 Å². The van der Waals surface area contributed by atoms with Crippen molar-refractivity contribution < 1.29 is 22.3 Å². The number of rotatable bonds is 9. The minimum atomic E-state index is -4.49. The van der Waals surface area contributed by atoms with E-state index < -0.39 is 12.5 Å². The van der Waals surface area contributed by atoms with Gasteiger partial charge in [-0.3, -0.25) is 0 Å². The van der Waals surface area contributed by atoms with Gasteiger partial charge < -0.3 is 4.74 Å². The van der Waals surface area contributed by atoms with E-state index in [2.05, 4.69) is 23.5 Å². The summed E-state index contributed by atoms with van der Waals surface area (Å²) in [5.41, 5.74) is 0.682. The fourth-order valence-corrected chi connectivity index (χ4v) is 5.54. The first-order chi connectivity index (χ1) is 15.9. The van der Waals surface area contributed by atoms with Crippen LogP contribution in [0, 0.1) is 35.5 Å². The molecular weight excluding hydrogens is 428 g/mol. The Morgan fingerprint density at radius 1 is 0.879 bits per heavy atom. The van der Waals surface area contributed by atoms with Gasteiger partial charge in [0.1, 0.15) is 5.75 Å². The van der Waals surface area contributed by atoms with Gasteiger partial charge in [0.15, 0.2) is 0 Å². The average Bonchev–Trinajstić information content (AvgIpc) is 2.82. The molecule has 0 aromatic heterocycles. The quantitative estimate of drug-likeness (QED) is 0.201. The van der Waals surface area contributed by atoms with E-state index in [1.807, 2.05) is 0 Å². The van der Waals surface area contributed by atoms with Crippen LogP contribution in [0.4, 0.5) is 17.6 Å². The van der Waals surface area contributed by atoms with Gasteiger partial charge in [-0.1, -0.05) is 63.7 Å². The maximum Gasteiger partial charge on any atom is 0.461 e. The third-order valence-electron chi connectivity index (χ3n) is 7.58. The predicted octanol–water partition coefficient (Wildman–Crippen LogP) is 8.86. The van der Waals surface area contributed by atoms with E-state index in [4.69, 9.17) is 0 Å². The minimum Gasteiger partial charge on any atom is -0.428 e. The molecule has 3 rings (SSSR count). The third-order valence-corrected chi connectivity index (χ3v) is 7.58. The lowest BCUT2D eigenvalue weighted by Crippen LogP contribution is -2.33. The Kier molecular flexibility index (Phi) is 9.95. The normalized spacial score (nSPS) is 26.0. The smallest absolute Gasteiger partial charge is 0.428 e. The van der Waals surface area contributed by atoms with Gasteiger partial charge in [0, 0.05) is 11.5 Å². The fourth-order valence-electron chi connectivity index (χ4n) is 5.54. The summed E-state index contributed by atoms with van der Waals surface area (Å²) in [6.45, 7) is 2.27. The molecule has 5 heteroatoms. The van der Waals surface area contributed by atoms with Crippen LogP contribution in [0.5, 0.6) is 5.75 Å². The Hall–Kier alpha value is -1.70. The standard InChI is InChI=1S/C28H38F4O/c1-2-3-4-5-6-21-9-15-24(16-10-21)25-17-11-22(12-18-25)7-8-23-13-19-26(20-14-23)33-28(31,32)27(29)30/h13-14,19-22,24-25,27H,2-6,9-12,15-18H2,1H3. The zero-order valence-electron chi connectivity index (χ0n) is 19.8. The highest BCUT2D eigenvalue weighted by Crippen LogP contribution is 2.42. The molecule has 1 aromatic rings. The van der Waals surface area contributed by atoms with Crippen molar-refractivity contribution in [2.45, 2.75) is 103 Å². The van der Waals surface area contributed by atoms with Gasteiger partial charge in [0.05, 0.1) is 0 Å². The monoisotopic (exact) mass is 466 g/mol. The molecule has 33 heavy (non-hydrogen) atoms. The highest BCUT2D eigenvalue weighted by atomic mass is 19.3. The van der Waals surface area contributed by atoms with E-state index in [1.54, 1.807) is 0 Å². The maximum absolute atomic E-state index is 13.0. The second-order valence-electron chi connectivity index (χ2n) is 10.0. The molecule has 0 aliphatic heterocycles. The summed E-state index contributed by atoms with van der Waals surface area (Å²) in [5.74, 6) is 9.22. The van der Waals surface area contributed by atoms with Gasteiger partial charge >= 0.3 is 12.5 Å². The van der Waals surface area contributed by atoms with Crippen molar-refractivity contribution >= 4 is 0 Å². The molecule has 0 atom stereocenters. The maximum atomic E-state index is 13.0. The van der Waals surface area contributed by atoms with Crippen molar-refractivity contribution in [3.63, 3.8) is 0 Å². The van der Waals surface area contributed by atoms with Gasteiger partial charge in [-0.05, 0) is 80.5 Å². The lowest BCUT2D eigenvalue weighted by molar-refractivity contribution is -0.253. The number of alkyl halides is 4. The lowest BCUT2D eigenvalue weighted by Gasteiger charge is -2.37. The molecule has 2 aliphatic carbocycles. The number of benzene rings is 1. The van der Waals surface area contributed by atoms with Gasteiger partial charge in [-0.25, -0.2) is 0 Å². The van der Waals surface area contributed by atoms with Crippen LogP contribution in [0.25, 0.3) is 0 Å². The van der Waals surface area contributed by atoms with Crippen LogP contribution >= 0.6 is 0 Å². The number of unbranched alkanes of at least 4 members (excludes halogenated alkanes) is 3. The molecule has 0 N–H and O–H groups in total. The Morgan fingerprint density at radius 3 is 2.06 bits per heavy atom. The number of hydrogen-bond acceptors (Lipinski definition) is 1. The zero-order chi connectivity index (χ0) is 23.7. The molecule has 0 saturated heterocycles. The van der Waals surface area contributed by atoms with Crippen molar-refractivity contribution in [3.8, 4) is 17.6 Å². The number of ether oxygens (including phenoxy) is 1. The molecule has 184 valence electrons. The summed E-state index contributed by atoms with van der Waals surface area (Å²) in [5, 5.41) is 0. The van der Waals surface area contributed by atoms with Crippen LogP contribution < -0.4 is 4.74 Å². The molecule has 2 saturated carbocycles. The highest BCUT2D eigenvalue weighted by molar-refractivity contribution is 5.38. The summed E-state index contributed by atoms with van der Waals surface area (Å²) >= 11 is 0. The summed E-state index contributed by atoms with van der Waals surface area (Å²) in [6.07, 6.45) is 8.95. The van der Waals surface area contributed by atoms with Crippen molar-refractivity contribution in [3.05, 3.63) is 29.8 Å². The van der Waals surface area contributed by atoms with Crippen LogP contribution in [0.1, 0.15) is 96.0 Å². The Balaban J connectivity index is 1.38. The van der Waals surface area contributed by atoms with Gasteiger partial charge in [0.2, 0.25) is 0 Å². The van der Waals surface area contributed by atoms with E-state index in [1.165, 1.54) is 94.9 Å². The molecule has 1 aromatic carbocycles. The van der Waals surface area contributed by atoms with Crippen molar-refractivity contribution in [2.75, 3.05) is 0 Å². The highest BCUT2D eigenvalue weighted by Gasteiger charge is 2.43. The molecular formula is C28H38F4O. The first-order valence-corrected chi connectivity index (χ1v) is 12.8. The number of hydrogen-bond donors (Lipinski definition) is 0. The van der Waals surface area contributed by atoms with Crippen molar-refractivity contribution in [2.24, 2.45) is 23.7 Å². The fraction of sp³-hybridized carbons (Fsp3) is 0.714. The molecule has 0 spiro atoms. The van der Waals surface area contributed by atoms with Crippen molar-refractivity contribution in [1.82, 2.24) is 0 Å².